The zero-order chi connectivity index (χ0) is 58.5. The molecule has 2 fully saturated rings. The summed E-state index contributed by atoms with van der Waals surface area (Å²) in [7, 11) is 0. The van der Waals surface area contributed by atoms with Gasteiger partial charge >= 0.3 is 23.9 Å². The maximum Gasteiger partial charge on any atom is 0.358 e. The molecule has 1 aromatic carbocycles. The zero-order valence-corrected chi connectivity index (χ0v) is 48.8. The Morgan fingerprint density at radius 1 is 0.558 bits per heavy atom. The van der Waals surface area contributed by atoms with E-state index in [1.807, 2.05) is 35.9 Å². The normalized spacial score (nSPS) is 15.8. The van der Waals surface area contributed by atoms with E-state index in [1.54, 1.807) is 48.3 Å². The number of rotatable bonds is 11. The summed E-state index contributed by atoms with van der Waals surface area (Å²) in [5, 5.41) is 19.2. The number of halogens is 3. The molecule has 11 heterocycles. The highest BCUT2D eigenvalue weighted by Crippen LogP contribution is 2.39. The lowest BCUT2D eigenvalue weighted by molar-refractivity contribution is 0.0509. The van der Waals surface area contributed by atoms with Crippen LogP contribution in [0.2, 0.25) is 15.7 Å². The van der Waals surface area contributed by atoms with Crippen LogP contribution < -0.4 is 20.4 Å². The van der Waals surface area contributed by atoms with Gasteiger partial charge in [0.15, 0.2) is 22.9 Å². The van der Waals surface area contributed by atoms with Gasteiger partial charge in [-0.15, -0.1) is 0 Å². The predicted molar refractivity (Wildman–Crippen MR) is 327 cm³/mol. The first-order valence-corrected chi connectivity index (χ1v) is 28.6. The summed E-state index contributed by atoms with van der Waals surface area (Å²) in [6.45, 7) is 18.8. The lowest BCUT2D eigenvalue weighted by Gasteiger charge is -2.36. The van der Waals surface area contributed by atoms with Gasteiger partial charge in [-0.1, -0.05) is 33.9 Å². The number of esters is 3. The maximum absolute atomic E-state index is 12.4. The number of nitrogens with one attached hydrogen (secondary N) is 2. The van der Waals surface area contributed by atoms with E-state index in [-0.39, 0.29) is 74.7 Å². The second-order valence-electron chi connectivity index (χ2n) is 19.6. The van der Waals surface area contributed by atoms with Crippen molar-refractivity contribution in [2.75, 3.05) is 81.0 Å². The number of hydrogen-bond donors (Lipinski definition) is 2. The molecule has 460 valence electrons. The number of urea groups is 1. The molecule has 0 unspecified atom stereocenters. The van der Waals surface area contributed by atoms with Crippen molar-refractivity contribution in [2.24, 2.45) is 0 Å². The number of aromatic nitrogens is 12. The number of morpholine rings is 2. The molecule has 7 aromatic rings. The second kappa shape index (κ2) is 29.0. The molecule has 5 aliphatic rings. The molecular weight excluding hydrogens is 1170 g/mol. The van der Waals surface area contributed by atoms with E-state index in [2.05, 4.69) is 69.5 Å². The summed E-state index contributed by atoms with van der Waals surface area (Å²) in [5.41, 5.74) is 9.51. The number of aryl methyl sites for hydroxylation is 3. The quantitative estimate of drug-likeness (QED) is 0.0528. The lowest BCUT2D eigenvalue weighted by atomic mass is 10.0. The van der Waals surface area contributed by atoms with Crippen molar-refractivity contribution in [3.8, 4) is 45.6 Å². The highest BCUT2D eigenvalue weighted by molar-refractivity contribution is 6.32. The van der Waals surface area contributed by atoms with Crippen molar-refractivity contribution < 1.29 is 42.9 Å². The van der Waals surface area contributed by atoms with E-state index in [0.717, 1.165) is 76.2 Å². The molecule has 12 rings (SSSR count). The number of anilines is 3. The van der Waals surface area contributed by atoms with Gasteiger partial charge in [0.2, 0.25) is 10.6 Å². The number of fused-ring (bicyclic) bond motifs is 9. The van der Waals surface area contributed by atoms with Gasteiger partial charge in [0.1, 0.15) is 16.8 Å². The largest absolute Gasteiger partial charge is 0.461 e. The summed E-state index contributed by atoms with van der Waals surface area (Å²) in [6.07, 6.45) is 2.06. The van der Waals surface area contributed by atoms with Crippen LogP contribution in [-0.4, -0.2) is 161 Å². The van der Waals surface area contributed by atoms with Crippen molar-refractivity contribution in [3.05, 3.63) is 92.0 Å². The van der Waals surface area contributed by atoms with Crippen molar-refractivity contribution in [2.45, 2.75) is 115 Å². The minimum Gasteiger partial charge on any atom is -0.461 e. The van der Waals surface area contributed by atoms with E-state index in [0.29, 0.717) is 107 Å². The van der Waals surface area contributed by atoms with Gasteiger partial charge in [-0.05, 0) is 108 Å². The number of benzene rings is 1. The third-order valence-electron chi connectivity index (χ3n) is 14.1. The number of carbonyl (C=O) groups is 4. The van der Waals surface area contributed by atoms with Crippen LogP contribution in [0.4, 0.5) is 22.1 Å². The van der Waals surface area contributed by atoms with Crippen molar-refractivity contribution in [1.82, 2.24) is 64.6 Å². The van der Waals surface area contributed by atoms with Gasteiger partial charge in [0, 0.05) is 85.4 Å². The van der Waals surface area contributed by atoms with Gasteiger partial charge in [0.25, 0.3) is 0 Å². The lowest BCUT2D eigenvalue weighted by Crippen LogP contribution is -2.45. The minimum absolute atomic E-state index is 0. The van der Waals surface area contributed by atoms with Crippen LogP contribution in [-0.2, 0) is 62.6 Å². The Labute approximate surface area is 514 Å². The Morgan fingerprint density at radius 2 is 0.977 bits per heavy atom. The number of ether oxygens (including phenoxy) is 5. The Morgan fingerprint density at radius 3 is 1.42 bits per heavy atom. The average molecular weight is 1240 g/mol. The first-order chi connectivity index (χ1) is 40.2. The van der Waals surface area contributed by atoms with E-state index >= 15 is 0 Å². The smallest absolute Gasteiger partial charge is 0.358 e. The highest BCUT2D eigenvalue weighted by Gasteiger charge is 2.33. The summed E-state index contributed by atoms with van der Waals surface area (Å²) in [4.78, 5) is 79.6. The molecule has 0 radical (unpaired) electrons. The zero-order valence-electron chi connectivity index (χ0n) is 46.6. The Hall–Kier alpha value is -7.84. The fourth-order valence-electron chi connectivity index (χ4n) is 10.3. The summed E-state index contributed by atoms with van der Waals surface area (Å²) in [6, 6.07) is 12.6. The molecule has 2 amide bonds. The number of nitrogens with zero attached hydrogens (tertiary/aromatic N) is 14. The summed E-state index contributed by atoms with van der Waals surface area (Å²) in [5.74, 6) is 0.952. The number of amides is 2. The highest BCUT2D eigenvalue weighted by atomic mass is 35.5. The SMILES string of the molecule is C.C.C.CCNC(=O)Nc1ccc(-c2nc3c(c(N4CCOC[C@@H]4C)n2)CCn2nc(C(=O)OCC)cc2-3)cc1.CCOC(=O)c1cc2n(n1)CCc1c(Cl)nc(Cl)nc1-2.CCOC(=O)c1cc2n(n1)CCc1c-2nc(Cl)nc1N1CCOC[C@@H]1C. The van der Waals surface area contributed by atoms with Gasteiger partial charge in [-0.25, -0.2) is 49.1 Å². The van der Waals surface area contributed by atoms with Crippen molar-refractivity contribution >= 4 is 76.1 Å². The molecule has 86 heavy (non-hydrogen) atoms. The van der Waals surface area contributed by atoms with Crippen molar-refractivity contribution in [3.63, 3.8) is 0 Å². The van der Waals surface area contributed by atoms with Crippen LogP contribution in [0.3, 0.4) is 0 Å². The average Bonchev–Trinajstić information content (AvgIpc) is 1.61. The van der Waals surface area contributed by atoms with Crippen LogP contribution in [0.1, 0.15) is 112 Å². The molecule has 2 atom stereocenters. The minimum atomic E-state index is -0.456. The molecular formula is C58H73Cl3N16O9. The first kappa shape index (κ1) is 65.7. The molecule has 28 heteroatoms. The monoisotopic (exact) mass is 1240 g/mol. The standard InChI is InChI=1S/C26H31N7O4.C17H20ClN5O3.C12H10Cl2N4O2.3CH4/c1-4-27-26(35)28-18-8-6-17(7-9-18)23-29-22-19(24(30-23)32-12-13-36-15-16(32)3)10-11-33-21(22)14-20(31-33)25(34)37-5-2;1-3-26-16(24)12-8-13-14-11(4-5-23(13)21-12)15(20-17(18)19-14)22-6-7-25-9-10(22)2;1-2-20-11(19)7-5-8-9-6(3-4-18(8)17-7)10(13)16-12(14)15-9;;;/h6-9,14,16H,4-5,10-13,15H2,1-3H3,(H2,27,28,35);8,10H,3-7,9H2,1-2H3;5H,2-4H2,1H3;3*1H4/t16-;10-;;;;/m00..../s1. The number of carbonyl (C=O) groups excluding carboxylic acids is 4. The van der Waals surface area contributed by atoms with Crippen molar-refractivity contribution in [1.29, 1.82) is 0 Å². The molecule has 2 N–H and O–H groups in total. The molecule has 0 bridgehead atoms. The molecule has 0 spiro atoms. The van der Waals surface area contributed by atoms with Crippen LogP contribution >= 0.6 is 34.8 Å². The van der Waals surface area contributed by atoms with E-state index in [1.165, 1.54) is 0 Å². The fourth-order valence-corrected chi connectivity index (χ4v) is 10.9. The summed E-state index contributed by atoms with van der Waals surface area (Å²) >= 11 is 18.1. The van der Waals surface area contributed by atoms with Gasteiger partial charge < -0.3 is 44.1 Å². The van der Waals surface area contributed by atoms with Gasteiger partial charge in [-0.2, -0.15) is 15.3 Å². The molecule has 0 aliphatic carbocycles. The Bertz CT molecular complexity index is 3580. The fraction of sp³-hybridized carbons (Fsp3) is 0.466. The third kappa shape index (κ3) is 14.0. The molecule has 6 aromatic heterocycles. The first-order valence-electron chi connectivity index (χ1n) is 27.5. The topological polar surface area (TPSA) is 276 Å². The van der Waals surface area contributed by atoms with Crippen LogP contribution in [0.25, 0.3) is 45.6 Å². The molecule has 25 nitrogen and oxygen atoms in total. The maximum atomic E-state index is 12.4. The van der Waals surface area contributed by atoms with Gasteiger partial charge in [-0.3, -0.25) is 14.0 Å². The Kier molecular flexibility index (Phi) is 22.2. The molecule has 5 aliphatic heterocycles. The van der Waals surface area contributed by atoms with Crippen LogP contribution in [0.15, 0.2) is 42.5 Å². The summed E-state index contributed by atoms with van der Waals surface area (Å²) < 4.78 is 31.7. The van der Waals surface area contributed by atoms with E-state index in [9.17, 15) is 19.2 Å². The predicted octanol–water partition coefficient (Wildman–Crippen LogP) is 9.35. The van der Waals surface area contributed by atoms with Gasteiger partial charge in [0.05, 0.1) is 92.5 Å². The molecule has 0 saturated carbocycles. The number of hydrogen-bond acceptors (Lipinski definition) is 20. The van der Waals surface area contributed by atoms with E-state index < -0.39 is 17.9 Å². The second-order valence-corrected chi connectivity index (χ2v) is 20.6. The van der Waals surface area contributed by atoms with E-state index in [4.69, 9.17) is 68.5 Å². The Balaban J connectivity index is 0.000000190. The van der Waals surface area contributed by atoms with Crippen LogP contribution in [0, 0.1) is 0 Å². The van der Waals surface area contributed by atoms with Crippen LogP contribution in [0.5, 0.6) is 0 Å². The molecule has 2 saturated heterocycles. The third-order valence-corrected chi connectivity index (χ3v) is 14.8.